The monoisotopic (exact) mass is 516 g/mol. The third-order valence-electron chi connectivity index (χ3n) is 5.78. The Morgan fingerprint density at radius 2 is 1.84 bits per heavy atom. The van der Waals surface area contributed by atoms with Crippen LogP contribution in [0.25, 0.3) is 22.3 Å². The van der Waals surface area contributed by atoms with E-state index in [0.717, 1.165) is 17.2 Å². The molecule has 9 heteroatoms. The minimum Gasteiger partial charge on any atom is -0.383 e. The second-order valence-electron chi connectivity index (χ2n) is 8.23. The van der Waals surface area contributed by atoms with Gasteiger partial charge in [0, 0.05) is 40.7 Å². The molecule has 2 heterocycles. The predicted molar refractivity (Wildman–Crippen MR) is 143 cm³/mol. The molecule has 37 heavy (non-hydrogen) atoms. The third kappa shape index (κ3) is 5.52. The summed E-state index contributed by atoms with van der Waals surface area (Å²) in [4.78, 5) is 16.0. The Bertz CT molecular complexity index is 1580. The van der Waals surface area contributed by atoms with E-state index in [4.69, 9.17) is 5.73 Å². The highest BCUT2D eigenvalue weighted by atomic mass is 32.2. The molecular formula is C28H25FN4O3S. The molecule has 188 valence electrons. The maximum absolute atomic E-state index is 15.2. The molecule has 0 aliphatic carbocycles. The molecular weight excluding hydrogens is 491 g/mol. The molecule has 0 bridgehead atoms. The first kappa shape index (κ1) is 25.6. The van der Waals surface area contributed by atoms with E-state index in [1.54, 1.807) is 24.3 Å². The largest absolute Gasteiger partial charge is 0.383 e. The van der Waals surface area contributed by atoms with E-state index in [9.17, 15) is 13.2 Å². The van der Waals surface area contributed by atoms with Crippen LogP contribution in [0, 0.1) is 5.82 Å². The first-order valence-corrected chi connectivity index (χ1v) is 12.8. The first-order valence-electron chi connectivity index (χ1n) is 11.3. The number of benzene rings is 2. The fraction of sp³-hybridized carbons (Fsp3) is 0.0714. The summed E-state index contributed by atoms with van der Waals surface area (Å²) in [7, 11) is -4.06. The van der Waals surface area contributed by atoms with Crippen LogP contribution < -0.4 is 15.8 Å². The summed E-state index contributed by atoms with van der Waals surface area (Å²) in [6, 6.07) is 10.7. The van der Waals surface area contributed by atoms with Gasteiger partial charge in [-0.05, 0) is 54.0 Å². The number of nitrogens with one attached hydrogen (secondary N) is 2. The number of rotatable bonds is 8. The molecule has 2 aromatic carbocycles. The number of halogens is 1. The van der Waals surface area contributed by atoms with Gasteiger partial charge in [-0.2, -0.15) is 0 Å². The van der Waals surface area contributed by atoms with Crippen molar-refractivity contribution >= 4 is 21.7 Å². The number of nitrogens with zero attached hydrogens (tertiary/aromatic N) is 1. The Labute approximate surface area is 215 Å². The number of amides is 1. The molecule has 1 aliphatic heterocycles. The van der Waals surface area contributed by atoms with E-state index in [2.05, 4.69) is 28.2 Å². The number of carbonyl (C=O) groups is 1. The summed E-state index contributed by atoms with van der Waals surface area (Å²) in [6.07, 6.45) is 9.58. The van der Waals surface area contributed by atoms with Crippen LogP contribution in [-0.4, -0.2) is 25.9 Å². The molecule has 4 rings (SSSR count). The number of hydrogen-bond acceptors (Lipinski definition) is 5. The van der Waals surface area contributed by atoms with Gasteiger partial charge in [0.15, 0.2) is 0 Å². The minimum absolute atomic E-state index is 0.122. The van der Waals surface area contributed by atoms with Gasteiger partial charge in [-0.15, -0.1) is 0 Å². The summed E-state index contributed by atoms with van der Waals surface area (Å²) in [5.41, 5.74) is 9.80. The smallest absolute Gasteiger partial charge is 0.261 e. The van der Waals surface area contributed by atoms with Gasteiger partial charge >= 0.3 is 0 Å². The molecule has 7 nitrogen and oxygen atoms in total. The zero-order valence-corrected chi connectivity index (χ0v) is 20.7. The van der Waals surface area contributed by atoms with Crippen molar-refractivity contribution in [1.29, 1.82) is 0 Å². The van der Waals surface area contributed by atoms with Crippen LogP contribution in [0.1, 0.15) is 15.9 Å². The third-order valence-corrected chi connectivity index (χ3v) is 7.16. The number of pyridine rings is 1. The van der Waals surface area contributed by atoms with Gasteiger partial charge in [-0.1, -0.05) is 49.6 Å². The van der Waals surface area contributed by atoms with Gasteiger partial charge in [0.25, 0.3) is 15.9 Å². The van der Waals surface area contributed by atoms with Gasteiger partial charge in [-0.3, -0.25) is 9.52 Å². The van der Waals surface area contributed by atoms with Crippen molar-refractivity contribution in [1.82, 2.24) is 15.0 Å². The number of anilines is 1. The van der Waals surface area contributed by atoms with Crippen molar-refractivity contribution in [3.8, 4) is 22.3 Å². The van der Waals surface area contributed by atoms with Crippen molar-refractivity contribution < 1.29 is 17.6 Å². The van der Waals surface area contributed by atoms with Gasteiger partial charge in [0.1, 0.15) is 11.6 Å². The Morgan fingerprint density at radius 1 is 1.05 bits per heavy atom. The molecule has 0 saturated heterocycles. The van der Waals surface area contributed by atoms with E-state index in [1.165, 1.54) is 42.6 Å². The lowest BCUT2D eigenvalue weighted by atomic mass is 9.94. The normalized spacial score (nSPS) is 13.6. The van der Waals surface area contributed by atoms with Gasteiger partial charge in [0.05, 0.1) is 4.90 Å². The number of allylic oxidation sites excluding steroid dienone is 5. The van der Waals surface area contributed by atoms with Crippen LogP contribution >= 0.6 is 0 Å². The number of nitrogen functional groups attached to an aromatic ring is 1. The molecule has 1 aromatic heterocycles. The Balaban J connectivity index is 1.67. The zero-order valence-electron chi connectivity index (χ0n) is 19.9. The van der Waals surface area contributed by atoms with Gasteiger partial charge < -0.3 is 11.1 Å². The molecule has 1 amide bonds. The lowest BCUT2D eigenvalue weighted by Crippen LogP contribution is -2.31. The molecule has 0 spiro atoms. The van der Waals surface area contributed by atoms with Crippen LogP contribution in [0.2, 0.25) is 0 Å². The lowest BCUT2D eigenvalue weighted by Gasteiger charge is -2.18. The lowest BCUT2D eigenvalue weighted by molar-refractivity contribution is 0.0946. The van der Waals surface area contributed by atoms with Crippen LogP contribution in [-0.2, 0) is 16.4 Å². The van der Waals surface area contributed by atoms with Crippen molar-refractivity contribution in [3.63, 3.8) is 0 Å². The molecule has 0 atom stereocenters. The number of aromatic nitrogens is 1. The van der Waals surface area contributed by atoms with Crippen LogP contribution in [0.3, 0.4) is 0 Å². The Kier molecular flexibility index (Phi) is 7.35. The van der Waals surface area contributed by atoms with Crippen molar-refractivity contribution in [2.75, 3.05) is 12.3 Å². The van der Waals surface area contributed by atoms with E-state index < -0.39 is 15.8 Å². The molecule has 0 unspecified atom stereocenters. The number of carbonyl (C=O) groups excluding carboxylic acids is 1. The second kappa shape index (κ2) is 10.6. The number of nitrogens with two attached hydrogens (primary N) is 1. The summed E-state index contributed by atoms with van der Waals surface area (Å²) >= 11 is 0. The van der Waals surface area contributed by atoms with Crippen LogP contribution in [0.15, 0.2) is 103 Å². The maximum Gasteiger partial charge on any atom is 0.261 e. The van der Waals surface area contributed by atoms with Gasteiger partial charge in [-0.25, -0.2) is 17.8 Å². The fourth-order valence-corrected chi connectivity index (χ4v) is 5.05. The van der Waals surface area contributed by atoms with E-state index in [-0.39, 0.29) is 27.9 Å². The highest BCUT2D eigenvalue weighted by Crippen LogP contribution is 2.33. The molecule has 4 N–H and O–H groups in total. The summed E-state index contributed by atoms with van der Waals surface area (Å²) in [5, 5.41) is 2.81. The molecule has 0 saturated carbocycles. The highest BCUT2D eigenvalue weighted by molar-refractivity contribution is 7.89. The first-order chi connectivity index (χ1) is 17.7. The quantitative estimate of drug-likeness (QED) is 0.381. The van der Waals surface area contributed by atoms with Crippen molar-refractivity contribution in [2.45, 2.75) is 11.3 Å². The van der Waals surface area contributed by atoms with Gasteiger partial charge in [0.2, 0.25) is 0 Å². The SMILES string of the molecule is C=C/C=C\C(=C/C=C)NS(=O)(=O)c1ccc(-c2cnc(N)c(-c3ccc4c(c3)CCNC4=O)c2)c(F)c1. The standard InChI is InChI=1S/C28H25FN4O3S/c1-3-5-7-21(6-4-2)33-37(35,36)22-9-11-23(26(29)16-22)20-15-25(27(30)32-17-20)18-8-10-24-19(14-18)12-13-31-28(24)34/h3-11,14-17,33H,1-2,12-13H2,(H2,30,32)(H,31,34)/b7-5-,21-6+. The molecule has 0 radical (unpaired) electrons. The van der Waals surface area contributed by atoms with E-state index in [0.29, 0.717) is 29.7 Å². The molecule has 3 aromatic rings. The topological polar surface area (TPSA) is 114 Å². The second-order valence-corrected chi connectivity index (χ2v) is 9.92. The van der Waals surface area contributed by atoms with E-state index >= 15 is 4.39 Å². The average molecular weight is 517 g/mol. The van der Waals surface area contributed by atoms with E-state index in [1.807, 2.05) is 6.07 Å². The predicted octanol–water partition coefficient (Wildman–Crippen LogP) is 4.51. The maximum atomic E-state index is 15.2. The minimum atomic E-state index is -4.06. The summed E-state index contributed by atoms with van der Waals surface area (Å²) < 4.78 is 43.3. The fourth-order valence-electron chi connectivity index (χ4n) is 3.98. The summed E-state index contributed by atoms with van der Waals surface area (Å²) in [5.74, 6) is -0.608. The van der Waals surface area contributed by atoms with Crippen molar-refractivity contribution in [3.05, 3.63) is 115 Å². The molecule has 1 aliphatic rings. The summed E-state index contributed by atoms with van der Waals surface area (Å²) in [6.45, 7) is 7.67. The Morgan fingerprint density at radius 3 is 2.57 bits per heavy atom. The number of fused-ring (bicyclic) bond motifs is 1. The Hall–Kier alpha value is -4.50. The van der Waals surface area contributed by atoms with Crippen LogP contribution in [0.5, 0.6) is 0 Å². The molecule has 0 fully saturated rings. The van der Waals surface area contributed by atoms with Crippen LogP contribution in [0.4, 0.5) is 10.2 Å². The highest BCUT2D eigenvalue weighted by Gasteiger charge is 2.20. The number of hydrogen-bond donors (Lipinski definition) is 3. The number of sulfonamides is 1. The van der Waals surface area contributed by atoms with Crippen molar-refractivity contribution in [2.24, 2.45) is 0 Å². The average Bonchev–Trinajstić information content (AvgIpc) is 2.87. The zero-order chi connectivity index (χ0) is 26.6.